The zero-order valence-corrected chi connectivity index (χ0v) is 16.2. The number of piperazine rings is 1. The zero-order valence-electron chi connectivity index (χ0n) is 15.4. The smallest absolute Gasteiger partial charge is 0.244 e. The number of aromatic nitrogens is 2. The van der Waals surface area contributed by atoms with Crippen molar-refractivity contribution in [1.82, 2.24) is 14.3 Å². The molecule has 2 fully saturated rings. The van der Waals surface area contributed by atoms with Crippen LogP contribution in [-0.4, -0.2) is 62.0 Å². The second-order valence-corrected chi connectivity index (χ2v) is 8.92. The van der Waals surface area contributed by atoms with E-state index in [0.717, 1.165) is 57.1 Å². The van der Waals surface area contributed by atoms with Crippen LogP contribution in [0, 0.1) is 0 Å². The molecule has 0 unspecified atom stereocenters. The largest absolute Gasteiger partial charge is 0.353 e. The van der Waals surface area contributed by atoms with E-state index in [9.17, 15) is 8.42 Å². The van der Waals surface area contributed by atoms with Crippen LogP contribution < -0.4 is 9.80 Å². The first kappa shape index (κ1) is 18.2. The van der Waals surface area contributed by atoms with Gasteiger partial charge in [0.1, 0.15) is 16.5 Å². The van der Waals surface area contributed by atoms with Crippen molar-refractivity contribution < 1.29 is 8.42 Å². The minimum atomic E-state index is -3.42. The van der Waals surface area contributed by atoms with Gasteiger partial charge in [-0.3, -0.25) is 0 Å². The van der Waals surface area contributed by atoms with Crippen LogP contribution in [0.15, 0.2) is 47.6 Å². The molecule has 2 aliphatic rings. The molecule has 2 aromatic rings. The summed E-state index contributed by atoms with van der Waals surface area (Å²) in [6.45, 7) is 4.63. The average Bonchev–Trinajstić information content (AvgIpc) is 2.75. The van der Waals surface area contributed by atoms with Gasteiger partial charge in [-0.2, -0.15) is 4.31 Å². The summed E-state index contributed by atoms with van der Waals surface area (Å²) in [6.07, 6.45) is 6.29. The topological polar surface area (TPSA) is 69.6 Å². The molecule has 0 radical (unpaired) electrons. The maximum Gasteiger partial charge on any atom is 0.244 e. The van der Waals surface area contributed by atoms with Crippen LogP contribution in [-0.2, 0) is 10.0 Å². The predicted octanol–water partition coefficient (Wildman–Crippen LogP) is 1.98. The van der Waals surface area contributed by atoms with Gasteiger partial charge in [0.15, 0.2) is 0 Å². The summed E-state index contributed by atoms with van der Waals surface area (Å²) in [5.74, 6) is 1.82. The van der Waals surface area contributed by atoms with Crippen molar-refractivity contribution in [2.24, 2.45) is 0 Å². The maximum absolute atomic E-state index is 12.7. The molecule has 144 valence electrons. The van der Waals surface area contributed by atoms with Crippen LogP contribution in [0.25, 0.3) is 0 Å². The van der Waals surface area contributed by atoms with E-state index in [2.05, 4.69) is 19.8 Å². The summed E-state index contributed by atoms with van der Waals surface area (Å²) in [5, 5.41) is 0. The lowest BCUT2D eigenvalue weighted by Crippen LogP contribution is -2.47. The molecule has 8 heteroatoms. The van der Waals surface area contributed by atoms with Crippen LogP contribution >= 0.6 is 0 Å². The lowest BCUT2D eigenvalue weighted by molar-refractivity contribution is 0.346. The predicted molar refractivity (Wildman–Crippen MR) is 106 cm³/mol. The molecule has 0 amide bonds. The van der Waals surface area contributed by atoms with E-state index in [4.69, 9.17) is 0 Å². The minimum Gasteiger partial charge on any atom is -0.353 e. The molecule has 2 saturated heterocycles. The summed E-state index contributed by atoms with van der Waals surface area (Å²) >= 11 is 0. The molecule has 7 nitrogen and oxygen atoms in total. The van der Waals surface area contributed by atoms with Gasteiger partial charge < -0.3 is 9.80 Å². The number of hydrogen-bond acceptors (Lipinski definition) is 6. The summed E-state index contributed by atoms with van der Waals surface area (Å²) < 4.78 is 27.0. The lowest BCUT2D eigenvalue weighted by Gasteiger charge is -2.36. The van der Waals surface area contributed by atoms with Gasteiger partial charge in [-0.1, -0.05) is 12.5 Å². The van der Waals surface area contributed by atoms with E-state index >= 15 is 0 Å². The fraction of sp³-hybridized carbons (Fsp3) is 0.474. The highest BCUT2D eigenvalue weighted by Gasteiger charge is 2.26. The number of sulfonamides is 1. The Morgan fingerprint density at radius 3 is 1.96 bits per heavy atom. The number of pyridine rings is 2. The zero-order chi connectivity index (χ0) is 18.7. The summed E-state index contributed by atoms with van der Waals surface area (Å²) in [4.78, 5) is 13.6. The number of anilines is 2. The molecule has 2 aliphatic heterocycles. The van der Waals surface area contributed by atoms with Crippen molar-refractivity contribution in [2.75, 3.05) is 49.1 Å². The third-order valence-electron chi connectivity index (χ3n) is 5.25. The van der Waals surface area contributed by atoms with Crippen molar-refractivity contribution in [1.29, 1.82) is 0 Å². The molecular formula is C19H25N5O2S. The van der Waals surface area contributed by atoms with Crippen molar-refractivity contribution in [3.63, 3.8) is 0 Å². The highest BCUT2D eigenvalue weighted by Crippen LogP contribution is 2.22. The van der Waals surface area contributed by atoms with E-state index in [0.29, 0.717) is 18.0 Å². The molecular weight excluding hydrogens is 362 g/mol. The Hall–Kier alpha value is -2.19. The van der Waals surface area contributed by atoms with E-state index < -0.39 is 10.0 Å². The molecule has 0 spiro atoms. The fourth-order valence-corrected chi connectivity index (χ4v) is 5.13. The van der Waals surface area contributed by atoms with Gasteiger partial charge in [-0.25, -0.2) is 18.4 Å². The molecule has 2 aromatic heterocycles. The van der Waals surface area contributed by atoms with Gasteiger partial charge in [0.2, 0.25) is 10.0 Å². The normalized spacial score (nSPS) is 19.3. The Kier molecular flexibility index (Phi) is 5.27. The molecule has 27 heavy (non-hydrogen) atoms. The fourth-order valence-electron chi connectivity index (χ4n) is 3.67. The van der Waals surface area contributed by atoms with Gasteiger partial charge in [0.25, 0.3) is 0 Å². The van der Waals surface area contributed by atoms with E-state index in [1.807, 2.05) is 30.5 Å². The SMILES string of the molecule is O=S(=O)(c1ccc(N2CCN(c3ccccn3)CC2)nc1)N1CCCCC1. The minimum absolute atomic E-state index is 0.292. The van der Waals surface area contributed by atoms with Crippen LogP contribution in [0.3, 0.4) is 0 Å². The highest BCUT2D eigenvalue weighted by atomic mass is 32.2. The first-order chi connectivity index (χ1) is 13.1. The van der Waals surface area contributed by atoms with E-state index in [1.54, 1.807) is 10.4 Å². The Morgan fingerprint density at radius 1 is 0.741 bits per heavy atom. The third-order valence-corrected chi connectivity index (χ3v) is 7.13. The summed E-state index contributed by atoms with van der Waals surface area (Å²) in [7, 11) is -3.42. The van der Waals surface area contributed by atoms with E-state index in [-0.39, 0.29) is 0 Å². The van der Waals surface area contributed by atoms with E-state index in [1.165, 1.54) is 6.20 Å². The Balaban J connectivity index is 1.41. The maximum atomic E-state index is 12.7. The number of hydrogen-bond donors (Lipinski definition) is 0. The first-order valence-corrected chi connectivity index (χ1v) is 11.0. The second-order valence-electron chi connectivity index (χ2n) is 6.98. The molecule has 0 aromatic carbocycles. The Labute approximate surface area is 160 Å². The van der Waals surface area contributed by atoms with Crippen molar-refractivity contribution in [3.8, 4) is 0 Å². The average molecular weight is 388 g/mol. The van der Waals surface area contributed by atoms with Crippen molar-refractivity contribution in [3.05, 3.63) is 42.7 Å². The number of nitrogens with zero attached hydrogens (tertiary/aromatic N) is 5. The van der Waals surface area contributed by atoms with Crippen LogP contribution in [0.1, 0.15) is 19.3 Å². The highest BCUT2D eigenvalue weighted by molar-refractivity contribution is 7.89. The molecule has 0 aliphatic carbocycles. The van der Waals surface area contributed by atoms with Gasteiger partial charge in [0.05, 0.1) is 0 Å². The van der Waals surface area contributed by atoms with Gasteiger partial charge in [0, 0.05) is 51.7 Å². The molecule has 4 heterocycles. The molecule has 0 N–H and O–H groups in total. The monoisotopic (exact) mass is 387 g/mol. The Morgan fingerprint density at radius 2 is 1.41 bits per heavy atom. The van der Waals surface area contributed by atoms with Crippen molar-refractivity contribution >= 4 is 21.7 Å². The molecule has 0 bridgehead atoms. The number of piperidine rings is 1. The third kappa shape index (κ3) is 3.91. The Bertz CT molecular complexity index is 843. The number of rotatable bonds is 4. The lowest BCUT2D eigenvalue weighted by atomic mass is 10.2. The van der Waals surface area contributed by atoms with Crippen LogP contribution in [0.4, 0.5) is 11.6 Å². The van der Waals surface area contributed by atoms with Crippen LogP contribution in [0.5, 0.6) is 0 Å². The summed E-state index contributed by atoms with van der Waals surface area (Å²) in [5.41, 5.74) is 0. The first-order valence-electron chi connectivity index (χ1n) is 9.52. The van der Waals surface area contributed by atoms with Gasteiger partial charge >= 0.3 is 0 Å². The molecule has 0 saturated carbocycles. The quantitative estimate of drug-likeness (QED) is 0.799. The standard InChI is InChI=1S/C19H25N5O2S/c25-27(26,24-10-4-1-5-11-24)17-7-8-19(21-16-17)23-14-12-22(13-15-23)18-6-2-3-9-20-18/h2-3,6-9,16H,1,4-5,10-15H2. The molecule has 4 rings (SSSR count). The summed E-state index contributed by atoms with van der Waals surface area (Å²) in [6, 6.07) is 9.46. The second kappa shape index (κ2) is 7.82. The van der Waals surface area contributed by atoms with Crippen molar-refractivity contribution in [2.45, 2.75) is 24.2 Å². The van der Waals surface area contributed by atoms with Crippen LogP contribution in [0.2, 0.25) is 0 Å². The van der Waals surface area contributed by atoms with Gasteiger partial charge in [-0.15, -0.1) is 0 Å². The van der Waals surface area contributed by atoms with Gasteiger partial charge in [-0.05, 0) is 37.1 Å². The molecule has 0 atom stereocenters.